The number of nitrogens with two attached hydrogens (primary N) is 1. The quantitative estimate of drug-likeness (QED) is 0.498. The molecule has 2 heterocycles. The maximum absolute atomic E-state index is 5.43. The Hall–Kier alpha value is -2.73. The highest BCUT2D eigenvalue weighted by Gasteiger charge is 2.08. The van der Waals surface area contributed by atoms with Gasteiger partial charge in [-0.15, -0.1) is 0 Å². The first-order valence-corrected chi connectivity index (χ1v) is 6.18. The second kappa shape index (κ2) is 5.10. The number of fused-ring (bicyclic) bond motifs is 1. The molecule has 20 heavy (non-hydrogen) atoms. The summed E-state index contributed by atoms with van der Waals surface area (Å²) in [5, 5.41) is 4.34. The second-order valence-corrected chi connectivity index (χ2v) is 4.34. The summed E-state index contributed by atoms with van der Waals surface area (Å²) < 4.78 is 0. The number of hydrogen-bond acceptors (Lipinski definition) is 6. The summed E-state index contributed by atoms with van der Waals surface area (Å²) in [5.74, 6) is 6.74. The standard InChI is InChI=1S/C14H14N6/c1-9-13(17-8-18-14(9)20-15)19-12-6-2-5-11-10(12)4-3-7-16-11/h2-8H,15H2,1H3,(H2,17,18,19,20). The van der Waals surface area contributed by atoms with Crippen molar-refractivity contribution in [3.63, 3.8) is 0 Å². The SMILES string of the molecule is Cc1c(NN)ncnc1Nc1cccc2ncccc12. The van der Waals surface area contributed by atoms with E-state index < -0.39 is 0 Å². The molecule has 3 aromatic rings. The summed E-state index contributed by atoms with van der Waals surface area (Å²) in [7, 11) is 0. The molecule has 6 heteroatoms. The van der Waals surface area contributed by atoms with Gasteiger partial charge in [-0.05, 0) is 31.2 Å². The fraction of sp³-hybridized carbons (Fsp3) is 0.0714. The molecule has 0 saturated carbocycles. The van der Waals surface area contributed by atoms with Crippen LogP contribution in [-0.4, -0.2) is 15.0 Å². The van der Waals surface area contributed by atoms with Gasteiger partial charge in [0.1, 0.15) is 18.0 Å². The largest absolute Gasteiger partial charge is 0.339 e. The second-order valence-electron chi connectivity index (χ2n) is 4.34. The van der Waals surface area contributed by atoms with Gasteiger partial charge in [-0.2, -0.15) is 0 Å². The van der Waals surface area contributed by atoms with Gasteiger partial charge in [0.05, 0.1) is 5.52 Å². The van der Waals surface area contributed by atoms with Gasteiger partial charge in [-0.3, -0.25) is 4.98 Å². The highest BCUT2D eigenvalue weighted by atomic mass is 15.3. The molecule has 0 aliphatic heterocycles. The van der Waals surface area contributed by atoms with Crippen molar-refractivity contribution in [2.45, 2.75) is 6.92 Å². The summed E-state index contributed by atoms with van der Waals surface area (Å²) in [4.78, 5) is 12.6. The molecule has 0 aliphatic rings. The average molecular weight is 266 g/mol. The first-order chi connectivity index (χ1) is 9.79. The number of hydrogen-bond donors (Lipinski definition) is 3. The first-order valence-electron chi connectivity index (χ1n) is 6.18. The molecule has 0 spiro atoms. The molecule has 6 nitrogen and oxygen atoms in total. The number of anilines is 3. The van der Waals surface area contributed by atoms with Crippen LogP contribution in [-0.2, 0) is 0 Å². The fourth-order valence-corrected chi connectivity index (χ4v) is 2.06. The molecule has 4 N–H and O–H groups in total. The van der Waals surface area contributed by atoms with E-state index >= 15 is 0 Å². The number of pyridine rings is 1. The zero-order valence-electron chi connectivity index (χ0n) is 11.0. The summed E-state index contributed by atoms with van der Waals surface area (Å²) in [6.45, 7) is 1.90. The maximum atomic E-state index is 5.43. The Bertz CT molecular complexity index is 750. The highest BCUT2D eigenvalue weighted by Crippen LogP contribution is 2.26. The van der Waals surface area contributed by atoms with Crippen LogP contribution < -0.4 is 16.6 Å². The van der Waals surface area contributed by atoms with E-state index in [4.69, 9.17) is 5.84 Å². The molecule has 0 amide bonds. The summed E-state index contributed by atoms with van der Waals surface area (Å²) in [5.41, 5.74) is 5.29. The van der Waals surface area contributed by atoms with Gasteiger partial charge < -0.3 is 10.7 Å². The van der Waals surface area contributed by atoms with Crippen LogP contribution >= 0.6 is 0 Å². The van der Waals surface area contributed by atoms with E-state index in [9.17, 15) is 0 Å². The van der Waals surface area contributed by atoms with E-state index in [2.05, 4.69) is 25.7 Å². The minimum absolute atomic E-state index is 0.598. The van der Waals surface area contributed by atoms with Crippen molar-refractivity contribution in [1.82, 2.24) is 15.0 Å². The molecule has 0 saturated heterocycles. The molecule has 0 fully saturated rings. The zero-order chi connectivity index (χ0) is 13.9. The van der Waals surface area contributed by atoms with E-state index in [0.717, 1.165) is 22.2 Å². The summed E-state index contributed by atoms with van der Waals surface area (Å²) in [6.07, 6.45) is 3.24. The molecular formula is C14H14N6. The lowest BCUT2D eigenvalue weighted by Crippen LogP contribution is -2.11. The number of aromatic nitrogens is 3. The number of hydrazine groups is 1. The Kier molecular flexibility index (Phi) is 3.14. The van der Waals surface area contributed by atoms with Crippen LogP contribution in [0.4, 0.5) is 17.3 Å². The smallest absolute Gasteiger partial charge is 0.148 e. The van der Waals surface area contributed by atoms with Gasteiger partial charge in [-0.1, -0.05) is 6.07 Å². The third kappa shape index (κ3) is 2.12. The van der Waals surface area contributed by atoms with Crippen LogP contribution in [0.2, 0.25) is 0 Å². The van der Waals surface area contributed by atoms with Crippen molar-refractivity contribution in [1.29, 1.82) is 0 Å². The lowest BCUT2D eigenvalue weighted by atomic mass is 10.2. The summed E-state index contributed by atoms with van der Waals surface area (Å²) in [6, 6.07) is 9.84. The molecule has 0 atom stereocenters. The van der Waals surface area contributed by atoms with Crippen LogP contribution in [0, 0.1) is 6.92 Å². The zero-order valence-corrected chi connectivity index (χ0v) is 11.0. The molecule has 2 aromatic heterocycles. The lowest BCUT2D eigenvalue weighted by Gasteiger charge is -2.12. The van der Waals surface area contributed by atoms with Crippen LogP contribution in [0.25, 0.3) is 10.9 Å². The minimum Gasteiger partial charge on any atom is -0.339 e. The predicted molar refractivity (Wildman–Crippen MR) is 79.6 cm³/mol. The molecular weight excluding hydrogens is 252 g/mol. The highest BCUT2D eigenvalue weighted by molar-refractivity contribution is 5.93. The third-order valence-corrected chi connectivity index (χ3v) is 3.12. The van der Waals surface area contributed by atoms with E-state index in [0.29, 0.717) is 11.6 Å². The van der Waals surface area contributed by atoms with Crippen molar-refractivity contribution in [2.24, 2.45) is 5.84 Å². The van der Waals surface area contributed by atoms with Crippen molar-refractivity contribution in [2.75, 3.05) is 10.7 Å². The molecule has 3 rings (SSSR count). The van der Waals surface area contributed by atoms with Crippen LogP contribution in [0.15, 0.2) is 42.9 Å². The molecule has 100 valence electrons. The Morgan fingerprint density at radius 1 is 1.00 bits per heavy atom. The topological polar surface area (TPSA) is 88.8 Å². The Morgan fingerprint density at radius 2 is 1.85 bits per heavy atom. The fourth-order valence-electron chi connectivity index (χ4n) is 2.06. The van der Waals surface area contributed by atoms with Gasteiger partial charge in [0.2, 0.25) is 0 Å². The average Bonchev–Trinajstić information content (AvgIpc) is 2.50. The van der Waals surface area contributed by atoms with Crippen molar-refractivity contribution < 1.29 is 0 Å². The van der Waals surface area contributed by atoms with Crippen LogP contribution in [0.3, 0.4) is 0 Å². The van der Waals surface area contributed by atoms with Gasteiger partial charge in [0.15, 0.2) is 0 Å². The number of benzene rings is 1. The number of nitrogens with one attached hydrogen (secondary N) is 2. The van der Waals surface area contributed by atoms with Crippen LogP contribution in [0.5, 0.6) is 0 Å². The number of rotatable bonds is 3. The first kappa shape index (κ1) is 12.3. The molecule has 1 aromatic carbocycles. The molecule has 0 aliphatic carbocycles. The van der Waals surface area contributed by atoms with Crippen molar-refractivity contribution in [3.05, 3.63) is 48.4 Å². The van der Waals surface area contributed by atoms with E-state index in [-0.39, 0.29) is 0 Å². The lowest BCUT2D eigenvalue weighted by molar-refractivity contribution is 1.11. The molecule has 0 unspecified atom stereocenters. The molecule has 0 radical (unpaired) electrons. The Balaban J connectivity index is 2.06. The van der Waals surface area contributed by atoms with Gasteiger partial charge in [0.25, 0.3) is 0 Å². The van der Waals surface area contributed by atoms with Gasteiger partial charge in [0, 0.05) is 22.8 Å². The predicted octanol–water partition coefficient (Wildman–Crippen LogP) is 2.36. The Labute approximate surface area is 116 Å². The van der Waals surface area contributed by atoms with E-state index in [1.54, 1.807) is 6.20 Å². The summed E-state index contributed by atoms with van der Waals surface area (Å²) >= 11 is 0. The van der Waals surface area contributed by atoms with Gasteiger partial charge in [-0.25, -0.2) is 15.8 Å². The Morgan fingerprint density at radius 3 is 2.70 bits per heavy atom. The normalized spacial score (nSPS) is 10.5. The third-order valence-electron chi connectivity index (χ3n) is 3.12. The maximum Gasteiger partial charge on any atom is 0.148 e. The molecule has 0 bridgehead atoms. The monoisotopic (exact) mass is 266 g/mol. The van der Waals surface area contributed by atoms with Crippen LogP contribution in [0.1, 0.15) is 5.56 Å². The number of nitrogens with zero attached hydrogens (tertiary/aromatic N) is 3. The number of nitrogen functional groups attached to an aromatic ring is 1. The minimum atomic E-state index is 0.598. The van der Waals surface area contributed by atoms with Crippen molar-refractivity contribution in [3.8, 4) is 0 Å². The van der Waals surface area contributed by atoms with E-state index in [1.807, 2.05) is 37.3 Å². The van der Waals surface area contributed by atoms with Crippen molar-refractivity contribution >= 4 is 28.2 Å². The van der Waals surface area contributed by atoms with Gasteiger partial charge >= 0.3 is 0 Å². The van der Waals surface area contributed by atoms with E-state index in [1.165, 1.54) is 6.33 Å².